The Labute approximate surface area is 160 Å². The van der Waals surface area contributed by atoms with Crippen LogP contribution in [0.15, 0.2) is 70.1 Å². The van der Waals surface area contributed by atoms with Crippen molar-refractivity contribution >= 4 is 57.8 Å². The average Bonchev–Trinajstić information content (AvgIpc) is 2.91. The predicted molar refractivity (Wildman–Crippen MR) is 107 cm³/mol. The summed E-state index contributed by atoms with van der Waals surface area (Å²) in [5, 5.41) is 4.17. The lowest BCUT2D eigenvalue weighted by Gasteiger charge is -1.99. The Bertz CT molecular complexity index is 905. The average molecular weight is 389 g/mol. The molecule has 0 saturated carbocycles. The summed E-state index contributed by atoms with van der Waals surface area (Å²) >= 11 is 13.2. The fourth-order valence-corrected chi connectivity index (χ4v) is 3.40. The van der Waals surface area contributed by atoms with E-state index in [0.717, 1.165) is 11.1 Å². The topological polar surface area (TPSA) is 41.5 Å². The van der Waals surface area contributed by atoms with Crippen molar-refractivity contribution in [3.05, 3.63) is 80.7 Å². The van der Waals surface area contributed by atoms with Crippen LogP contribution in [0.1, 0.15) is 12.5 Å². The van der Waals surface area contributed by atoms with E-state index in [2.05, 4.69) is 10.3 Å². The van der Waals surface area contributed by atoms with Gasteiger partial charge in [-0.3, -0.25) is 4.79 Å². The van der Waals surface area contributed by atoms with E-state index in [9.17, 15) is 4.79 Å². The number of amides is 1. The third-order valence-corrected chi connectivity index (χ3v) is 4.99. The molecule has 1 aliphatic heterocycles. The predicted octanol–water partition coefficient (Wildman–Crippen LogP) is 5.83. The maximum Gasteiger partial charge on any atom is 0.264 e. The number of carbonyl (C=O) groups is 1. The number of aliphatic imine (C=N–C) groups is 1. The van der Waals surface area contributed by atoms with Crippen molar-refractivity contribution < 1.29 is 4.79 Å². The standard InChI is InChI=1S/C19H14Cl2N2OS/c1-12(9-13-5-3-2-4-6-13)10-17-18(24)23-19(25-17)22-14-7-8-15(20)16(21)11-14/h2-11H,1H3,(H,22,23,24)/b12-9+,17-10-. The highest BCUT2D eigenvalue weighted by Crippen LogP contribution is 2.30. The summed E-state index contributed by atoms with van der Waals surface area (Å²) in [5.41, 5.74) is 2.71. The summed E-state index contributed by atoms with van der Waals surface area (Å²) in [7, 11) is 0. The van der Waals surface area contributed by atoms with Gasteiger partial charge < -0.3 is 5.32 Å². The second kappa shape index (κ2) is 7.91. The van der Waals surface area contributed by atoms with Gasteiger partial charge in [-0.2, -0.15) is 0 Å². The molecule has 0 bridgehead atoms. The molecular formula is C19H14Cl2N2OS. The van der Waals surface area contributed by atoms with Gasteiger partial charge in [0.15, 0.2) is 5.17 Å². The molecule has 3 rings (SSSR count). The highest BCUT2D eigenvalue weighted by molar-refractivity contribution is 8.18. The maximum absolute atomic E-state index is 12.1. The molecule has 1 fully saturated rings. The van der Waals surface area contributed by atoms with Gasteiger partial charge in [0.05, 0.1) is 20.6 Å². The Morgan fingerprint density at radius 2 is 1.88 bits per heavy atom. The van der Waals surface area contributed by atoms with E-state index < -0.39 is 0 Å². The number of benzene rings is 2. The van der Waals surface area contributed by atoms with Gasteiger partial charge in [0, 0.05) is 0 Å². The summed E-state index contributed by atoms with van der Waals surface area (Å²) in [6.07, 6.45) is 3.87. The van der Waals surface area contributed by atoms with Crippen molar-refractivity contribution in [2.75, 3.05) is 0 Å². The first kappa shape index (κ1) is 17.8. The van der Waals surface area contributed by atoms with Crippen LogP contribution < -0.4 is 5.32 Å². The molecule has 0 aromatic heterocycles. The molecule has 2 aromatic rings. The molecule has 0 radical (unpaired) electrons. The number of hydrogen-bond acceptors (Lipinski definition) is 3. The first-order valence-electron chi connectivity index (χ1n) is 7.49. The SMILES string of the molecule is CC(/C=C1\SC(=Nc2ccc(Cl)c(Cl)c2)NC1=O)=C\c1ccccc1. The van der Waals surface area contributed by atoms with E-state index in [-0.39, 0.29) is 5.91 Å². The second-order valence-electron chi connectivity index (χ2n) is 5.38. The summed E-state index contributed by atoms with van der Waals surface area (Å²) < 4.78 is 0. The van der Waals surface area contributed by atoms with E-state index in [4.69, 9.17) is 23.2 Å². The van der Waals surface area contributed by atoms with Crippen LogP contribution in [0.4, 0.5) is 5.69 Å². The zero-order valence-electron chi connectivity index (χ0n) is 13.3. The quantitative estimate of drug-likeness (QED) is 0.671. The molecule has 1 amide bonds. The van der Waals surface area contributed by atoms with Gasteiger partial charge in [0.25, 0.3) is 5.91 Å². The van der Waals surface area contributed by atoms with Crippen LogP contribution in [0, 0.1) is 0 Å². The number of nitrogens with zero attached hydrogens (tertiary/aromatic N) is 1. The van der Waals surface area contributed by atoms with Gasteiger partial charge >= 0.3 is 0 Å². The Balaban J connectivity index is 1.79. The van der Waals surface area contributed by atoms with Crippen LogP contribution in [0.3, 0.4) is 0 Å². The molecule has 0 aliphatic carbocycles. The van der Waals surface area contributed by atoms with Crippen LogP contribution in [0.2, 0.25) is 10.0 Å². The summed E-state index contributed by atoms with van der Waals surface area (Å²) in [4.78, 5) is 17.1. The van der Waals surface area contributed by atoms with Crippen molar-refractivity contribution in [1.82, 2.24) is 5.32 Å². The largest absolute Gasteiger partial charge is 0.300 e. The molecule has 1 saturated heterocycles. The number of thioether (sulfide) groups is 1. The second-order valence-corrected chi connectivity index (χ2v) is 7.22. The molecule has 2 aromatic carbocycles. The van der Waals surface area contributed by atoms with Gasteiger partial charge in [0.1, 0.15) is 0 Å². The first-order valence-corrected chi connectivity index (χ1v) is 9.06. The summed E-state index contributed by atoms with van der Waals surface area (Å²) in [6.45, 7) is 1.96. The summed E-state index contributed by atoms with van der Waals surface area (Å²) in [6, 6.07) is 15.0. The molecule has 126 valence electrons. The highest BCUT2D eigenvalue weighted by atomic mass is 35.5. The van der Waals surface area contributed by atoms with Gasteiger partial charge in [-0.25, -0.2) is 4.99 Å². The molecule has 6 heteroatoms. The lowest BCUT2D eigenvalue weighted by atomic mass is 10.1. The van der Waals surface area contributed by atoms with Crippen molar-refractivity contribution in [2.24, 2.45) is 4.99 Å². The number of rotatable bonds is 3. The minimum absolute atomic E-state index is 0.162. The Morgan fingerprint density at radius 3 is 2.60 bits per heavy atom. The molecule has 0 unspecified atom stereocenters. The Hall–Kier alpha value is -2.01. The molecule has 3 nitrogen and oxygen atoms in total. The van der Waals surface area contributed by atoms with Gasteiger partial charge in [-0.05, 0) is 54.1 Å². The fraction of sp³-hybridized carbons (Fsp3) is 0.0526. The molecule has 1 aliphatic rings. The van der Waals surface area contributed by atoms with E-state index >= 15 is 0 Å². The lowest BCUT2D eigenvalue weighted by Crippen LogP contribution is -2.19. The first-order chi connectivity index (χ1) is 12.0. The number of halogens is 2. The van der Waals surface area contributed by atoms with Gasteiger partial charge in [-0.15, -0.1) is 0 Å². The van der Waals surface area contributed by atoms with E-state index in [1.54, 1.807) is 18.2 Å². The normalized spacial score (nSPS) is 18.0. The molecule has 1 N–H and O–H groups in total. The molecule has 0 atom stereocenters. The molecule has 25 heavy (non-hydrogen) atoms. The van der Waals surface area contributed by atoms with Crippen molar-refractivity contribution in [3.8, 4) is 0 Å². The number of nitrogens with one attached hydrogen (secondary N) is 1. The molecule has 0 spiro atoms. The highest BCUT2D eigenvalue weighted by Gasteiger charge is 2.23. The summed E-state index contributed by atoms with van der Waals surface area (Å²) in [5.74, 6) is -0.162. The van der Waals surface area contributed by atoms with Crippen LogP contribution in [0.5, 0.6) is 0 Å². The van der Waals surface area contributed by atoms with Crippen LogP contribution in [0.25, 0.3) is 6.08 Å². The minimum Gasteiger partial charge on any atom is -0.300 e. The van der Waals surface area contributed by atoms with Crippen molar-refractivity contribution in [3.63, 3.8) is 0 Å². The zero-order valence-corrected chi connectivity index (χ0v) is 15.6. The molecular weight excluding hydrogens is 375 g/mol. The minimum atomic E-state index is -0.162. The number of carbonyl (C=O) groups excluding carboxylic acids is 1. The van der Waals surface area contributed by atoms with Crippen LogP contribution >= 0.6 is 35.0 Å². The lowest BCUT2D eigenvalue weighted by molar-refractivity contribution is -0.115. The van der Waals surface area contributed by atoms with E-state index in [1.807, 2.05) is 49.4 Å². The number of hydrogen-bond donors (Lipinski definition) is 1. The van der Waals surface area contributed by atoms with Crippen molar-refractivity contribution in [1.29, 1.82) is 0 Å². The number of amidine groups is 1. The molecule has 1 heterocycles. The monoisotopic (exact) mass is 388 g/mol. The van der Waals surface area contributed by atoms with Gasteiger partial charge in [-0.1, -0.05) is 59.6 Å². The Morgan fingerprint density at radius 1 is 1.12 bits per heavy atom. The van der Waals surface area contributed by atoms with Crippen molar-refractivity contribution in [2.45, 2.75) is 6.92 Å². The van der Waals surface area contributed by atoms with Gasteiger partial charge in [0.2, 0.25) is 0 Å². The smallest absolute Gasteiger partial charge is 0.264 e. The van der Waals surface area contributed by atoms with Crippen LogP contribution in [-0.2, 0) is 4.79 Å². The Kier molecular flexibility index (Phi) is 5.63. The van der Waals surface area contributed by atoms with Crippen LogP contribution in [-0.4, -0.2) is 11.1 Å². The number of allylic oxidation sites excluding steroid dienone is 2. The zero-order chi connectivity index (χ0) is 17.8. The van der Waals surface area contributed by atoms with E-state index in [1.165, 1.54) is 11.8 Å². The maximum atomic E-state index is 12.1. The third kappa shape index (κ3) is 4.75. The van der Waals surface area contributed by atoms with E-state index in [0.29, 0.717) is 25.8 Å². The fourth-order valence-electron chi connectivity index (χ4n) is 2.21. The third-order valence-electron chi connectivity index (χ3n) is 3.34.